The summed E-state index contributed by atoms with van der Waals surface area (Å²) >= 11 is 0. The highest BCUT2D eigenvalue weighted by atomic mass is 32.2. The normalized spacial score (nSPS) is 12.0. The Labute approximate surface area is 165 Å². The molecule has 0 unspecified atom stereocenters. The number of H-pyrrole nitrogens is 1. The van der Waals surface area contributed by atoms with Crippen LogP contribution in [-0.2, 0) is 23.1 Å². The van der Waals surface area contributed by atoms with Gasteiger partial charge in [-0.05, 0) is 43.7 Å². The minimum atomic E-state index is -3.45. The van der Waals surface area contributed by atoms with Crippen molar-refractivity contribution in [2.45, 2.75) is 37.9 Å². The number of hydrogen-bond acceptors (Lipinski definition) is 5. The molecule has 0 saturated carbocycles. The first kappa shape index (κ1) is 20.2. The second kappa shape index (κ2) is 8.64. The van der Waals surface area contributed by atoms with E-state index in [4.69, 9.17) is 0 Å². The third kappa shape index (κ3) is 4.46. The number of aromatic nitrogens is 3. The number of sulfonamides is 1. The van der Waals surface area contributed by atoms with Gasteiger partial charge in [0.2, 0.25) is 10.0 Å². The highest BCUT2D eigenvalue weighted by Crippen LogP contribution is 2.20. The minimum absolute atomic E-state index is 0.0877. The van der Waals surface area contributed by atoms with Gasteiger partial charge in [0.1, 0.15) is 0 Å². The third-order valence-electron chi connectivity index (χ3n) is 4.64. The maximum atomic E-state index is 12.5. The van der Waals surface area contributed by atoms with Gasteiger partial charge in [-0.25, -0.2) is 8.42 Å². The van der Waals surface area contributed by atoms with E-state index < -0.39 is 10.0 Å². The Balaban J connectivity index is 1.62. The van der Waals surface area contributed by atoms with E-state index in [2.05, 4.69) is 20.5 Å². The van der Waals surface area contributed by atoms with Crippen LogP contribution in [0.2, 0.25) is 0 Å². The van der Waals surface area contributed by atoms with Crippen molar-refractivity contribution in [1.82, 2.24) is 24.8 Å². The van der Waals surface area contributed by atoms with Crippen molar-refractivity contribution in [2.24, 2.45) is 0 Å². The molecule has 2 N–H and O–H groups in total. The van der Waals surface area contributed by atoms with Gasteiger partial charge in [0.15, 0.2) is 0 Å². The van der Waals surface area contributed by atoms with Crippen molar-refractivity contribution in [1.29, 1.82) is 0 Å². The van der Waals surface area contributed by atoms with Gasteiger partial charge in [-0.15, -0.1) is 0 Å². The van der Waals surface area contributed by atoms with Crippen LogP contribution in [0.1, 0.15) is 25.0 Å². The number of benzene rings is 1. The molecule has 0 spiro atoms. The molecule has 0 atom stereocenters. The van der Waals surface area contributed by atoms with E-state index in [1.807, 2.05) is 38.1 Å². The molecule has 2 heterocycles. The molecule has 1 aromatic carbocycles. The lowest BCUT2D eigenvalue weighted by Crippen LogP contribution is -2.33. The smallest absolute Gasteiger partial charge is 0.243 e. The monoisotopic (exact) mass is 399 g/mol. The van der Waals surface area contributed by atoms with Gasteiger partial charge >= 0.3 is 0 Å². The molecule has 0 radical (unpaired) electrons. The largest absolute Gasteiger partial charge is 0.308 e. The lowest BCUT2D eigenvalue weighted by Gasteiger charge is -2.21. The van der Waals surface area contributed by atoms with Crippen molar-refractivity contribution in [3.05, 3.63) is 66.1 Å². The second-order valence-corrected chi connectivity index (χ2v) is 8.87. The Morgan fingerprint density at radius 1 is 1.11 bits per heavy atom. The Hall–Kier alpha value is -2.55. The van der Waals surface area contributed by atoms with Crippen molar-refractivity contribution < 1.29 is 8.42 Å². The van der Waals surface area contributed by atoms with E-state index in [0.29, 0.717) is 18.0 Å². The molecule has 0 aliphatic rings. The first-order chi connectivity index (χ1) is 13.4. The Morgan fingerprint density at radius 3 is 2.50 bits per heavy atom. The number of nitrogens with zero attached hydrogens (tertiary/aromatic N) is 3. The van der Waals surface area contributed by atoms with Gasteiger partial charge in [0.25, 0.3) is 0 Å². The van der Waals surface area contributed by atoms with E-state index in [1.54, 1.807) is 37.8 Å². The molecule has 0 fully saturated rings. The molecule has 2 aromatic heterocycles. The van der Waals surface area contributed by atoms with Crippen LogP contribution in [0.3, 0.4) is 0 Å². The summed E-state index contributed by atoms with van der Waals surface area (Å²) in [6.07, 6.45) is 5.33. The van der Waals surface area contributed by atoms with E-state index in [0.717, 1.165) is 22.4 Å². The molecule has 0 bridgehead atoms. The van der Waals surface area contributed by atoms with Crippen LogP contribution in [0.15, 0.2) is 59.9 Å². The molecule has 28 heavy (non-hydrogen) atoms. The molecule has 148 valence electrons. The van der Waals surface area contributed by atoms with Gasteiger partial charge in [0, 0.05) is 49.7 Å². The standard InChI is InChI=1S/C20H25N5O2S/c1-15(2)25(3)28(26,27)19-8-6-16(7-9-19)11-22-13-18-14-23-24-20(18)17-5-4-10-21-12-17/h4-10,12,14-15,22H,11,13H2,1-3H3,(H,23,24). The van der Waals surface area contributed by atoms with Gasteiger partial charge in [-0.2, -0.15) is 9.40 Å². The van der Waals surface area contributed by atoms with Gasteiger partial charge < -0.3 is 5.32 Å². The van der Waals surface area contributed by atoms with Crippen molar-refractivity contribution in [3.63, 3.8) is 0 Å². The number of rotatable bonds is 8. The molecule has 0 aliphatic carbocycles. The van der Waals surface area contributed by atoms with Crippen molar-refractivity contribution in [3.8, 4) is 11.3 Å². The summed E-state index contributed by atoms with van der Waals surface area (Å²) in [5, 5.41) is 10.5. The maximum absolute atomic E-state index is 12.5. The molecular formula is C20H25N5O2S. The van der Waals surface area contributed by atoms with Crippen LogP contribution in [0.4, 0.5) is 0 Å². The van der Waals surface area contributed by atoms with Crippen LogP contribution in [0, 0.1) is 0 Å². The fraction of sp³-hybridized carbons (Fsp3) is 0.300. The van der Waals surface area contributed by atoms with Crippen molar-refractivity contribution >= 4 is 10.0 Å². The zero-order valence-corrected chi connectivity index (χ0v) is 17.1. The zero-order valence-electron chi connectivity index (χ0n) is 16.3. The molecule has 0 amide bonds. The highest BCUT2D eigenvalue weighted by Gasteiger charge is 2.22. The summed E-state index contributed by atoms with van der Waals surface area (Å²) in [6.45, 7) is 4.96. The third-order valence-corrected chi connectivity index (χ3v) is 6.69. The Morgan fingerprint density at radius 2 is 1.86 bits per heavy atom. The van der Waals surface area contributed by atoms with Crippen LogP contribution in [-0.4, -0.2) is 41.0 Å². The summed E-state index contributed by atoms with van der Waals surface area (Å²) in [5.74, 6) is 0. The number of hydrogen-bond donors (Lipinski definition) is 2. The van der Waals surface area contributed by atoms with E-state index in [9.17, 15) is 8.42 Å². The summed E-state index contributed by atoms with van der Waals surface area (Å²) in [4.78, 5) is 4.45. The molecule has 3 aromatic rings. The second-order valence-electron chi connectivity index (χ2n) is 6.87. The lowest BCUT2D eigenvalue weighted by atomic mass is 10.1. The van der Waals surface area contributed by atoms with E-state index in [1.165, 1.54) is 4.31 Å². The summed E-state index contributed by atoms with van der Waals surface area (Å²) in [6, 6.07) is 10.8. The summed E-state index contributed by atoms with van der Waals surface area (Å²) in [7, 11) is -1.86. The zero-order chi connectivity index (χ0) is 20.1. The molecule has 7 nitrogen and oxygen atoms in total. The summed E-state index contributed by atoms with van der Waals surface area (Å²) < 4.78 is 26.4. The minimum Gasteiger partial charge on any atom is -0.308 e. The number of aromatic amines is 1. The Kier molecular flexibility index (Phi) is 6.23. The SMILES string of the molecule is CC(C)N(C)S(=O)(=O)c1ccc(CNCc2cn[nH]c2-c2cccnc2)cc1. The predicted molar refractivity (Wildman–Crippen MR) is 109 cm³/mol. The first-order valence-electron chi connectivity index (χ1n) is 9.10. The topological polar surface area (TPSA) is 91.0 Å². The number of pyridine rings is 1. The molecule has 0 aliphatic heterocycles. The summed E-state index contributed by atoms with van der Waals surface area (Å²) in [5.41, 5.74) is 3.99. The molecule has 8 heteroatoms. The van der Waals surface area contributed by atoms with Crippen LogP contribution in [0.5, 0.6) is 0 Å². The maximum Gasteiger partial charge on any atom is 0.243 e. The van der Waals surface area contributed by atoms with Crippen LogP contribution >= 0.6 is 0 Å². The molecule has 3 rings (SSSR count). The average Bonchev–Trinajstić information content (AvgIpc) is 3.17. The van der Waals surface area contributed by atoms with Gasteiger partial charge in [-0.1, -0.05) is 12.1 Å². The number of nitrogens with one attached hydrogen (secondary N) is 2. The average molecular weight is 400 g/mol. The quantitative estimate of drug-likeness (QED) is 0.608. The Bertz CT molecular complexity index is 999. The fourth-order valence-corrected chi connectivity index (χ4v) is 4.14. The van der Waals surface area contributed by atoms with Crippen LogP contribution in [0.25, 0.3) is 11.3 Å². The lowest BCUT2D eigenvalue weighted by molar-refractivity contribution is 0.410. The fourth-order valence-electron chi connectivity index (χ4n) is 2.77. The molecular weight excluding hydrogens is 374 g/mol. The van der Waals surface area contributed by atoms with Crippen LogP contribution < -0.4 is 5.32 Å². The van der Waals surface area contributed by atoms with Gasteiger partial charge in [0.05, 0.1) is 16.8 Å². The predicted octanol–water partition coefficient (Wildman–Crippen LogP) is 2.79. The van der Waals surface area contributed by atoms with Crippen molar-refractivity contribution in [2.75, 3.05) is 7.05 Å². The highest BCUT2D eigenvalue weighted by molar-refractivity contribution is 7.89. The first-order valence-corrected chi connectivity index (χ1v) is 10.5. The van der Waals surface area contributed by atoms with E-state index >= 15 is 0 Å². The van der Waals surface area contributed by atoms with Gasteiger partial charge in [-0.3, -0.25) is 10.1 Å². The molecule has 0 saturated heterocycles. The van der Waals surface area contributed by atoms with E-state index in [-0.39, 0.29) is 6.04 Å².